The van der Waals surface area contributed by atoms with E-state index in [1.165, 1.54) is 205 Å². The van der Waals surface area contributed by atoms with E-state index in [0.717, 1.165) is 108 Å². The Morgan fingerprint density at radius 1 is 0.278 bits per heavy atom. The quantitative estimate of drug-likeness (QED) is 0.0222. The number of carbonyl (C=O) groups excluding carboxylic acids is 4. The molecule has 0 aromatic carbocycles. The van der Waals surface area contributed by atoms with Gasteiger partial charge in [0.1, 0.15) is 19.3 Å². The molecule has 0 bridgehead atoms. The first-order chi connectivity index (χ1) is 46.7. The van der Waals surface area contributed by atoms with Crippen LogP contribution in [0.2, 0.25) is 0 Å². The molecule has 17 nitrogen and oxygen atoms in total. The molecule has 0 aliphatic rings. The van der Waals surface area contributed by atoms with Crippen LogP contribution in [0.25, 0.3) is 0 Å². The monoisotopic (exact) mass is 1420 g/mol. The number of carbonyl (C=O) groups is 4. The van der Waals surface area contributed by atoms with Crippen molar-refractivity contribution in [2.24, 2.45) is 17.8 Å². The lowest BCUT2D eigenvalue weighted by Crippen LogP contribution is -2.30. The molecule has 3 N–H and O–H groups in total. The van der Waals surface area contributed by atoms with Gasteiger partial charge in [-0.25, -0.2) is 9.13 Å². The largest absolute Gasteiger partial charge is 0.472 e. The van der Waals surface area contributed by atoms with Crippen LogP contribution in [0.1, 0.15) is 402 Å². The Bertz CT molecular complexity index is 1890. The summed E-state index contributed by atoms with van der Waals surface area (Å²) in [5.74, 6) is 0.118. The van der Waals surface area contributed by atoms with Gasteiger partial charge in [-0.1, -0.05) is 350 Å². The number of esters is 4. The lowest BCUT2D eigenvalue weighted by Gasteiger charge is -2.21. The minimum absolute atomic E-state index is 0.104. The van der Waals surface area contributed by atoms with Gasteiger partial charge < -0.3 is 33.8 Å². The first-order valence-corrected chi connectivity index (χ1v) is 43.3. The van der Waals surface area contributed by atoms with Crippen molar-refractivity contribution in [3.63, 3.8) is 0 Å². The van der Waals surface area contributed by atoms with Crippen LogP contribution in [0.4, 0.5) is 0 Å². The molecule has 0 amide bonds. The zero-order chi connectivity index (χ0) is 71.6. The predicted octanol–water partition coefficient (Wildman–Crippen LogP) is 23.0. The van der Waals surface area contributed by atoms with Crippen molar-refractivity contribution in [2.45, 2.75) is 420 Å². The number of rotatable bonds is 76. The number of phosphoric ester groups is 2. The molecule has 0 fully saturated rings. The molecular weight excluding hydrogens is 1270 g/mol. The Labute approximate surface area is 594 Å². The van der Waals surface area contributed by atoms with Crippen molar-refractivity contribution in [1.82, 2.24) is 0 Å². The molecule has 19 heteroatoms. The van der Waals surface area contributed by atoms with Crippen molar-refractivity contribution in [3.8, 4) is 0 Å². The fourth-order valence-corrected chi connectivity index (χ4v) is 13.5. The third kappa shape index (κ3) is 72.2. The summed E-state index contributed by atoms with van der Waals surface area (Å²) in [6, 6.07) is 0. The van der Waals surface area contributed by atoms with Crippen LogP contribution in [-0.2, 0) is 65.4 Å². The minimum atomic E-state index is -4.96. The topological polar surface area (TPSA) is 237 Å². The SMILES string of the molecule is CCCCCCCCCCCCCCCCCC(=O)OC[C@H](COP(=O)(O)OC[C@@H](O)COP(=O)(O)OC[C@@H](COC(=O)CCCCCCCCC(C)C)OC(=O)CCCCCCCCCCCC(C)C)OC(=O)CCCCCCCCCCCCCCCCCCCCC(C)C. The average Bonchev–Trinajstić information content (AvgIpc) is 1.51. The van der Waals surface area contributed by atoms with Crippen LogP contribution < -0.4 is 0 Å². The van der Waals surface area contributed by atoms with Gasteiger partial charge in [-0.05, 0) is 43.4 Å². The van der Waals surface area contributed by atoms with Gasteiger partial charge >= 0.3 is 39.5 Å². The van der Waals surface area contributed by atoms with Crippen molar-refractivity contribution >= 4 is 39.5 Å². The molecule has 2 unspecified atom stereocenters. The van der Waals surface area contributed by atoms with E-state index >= 15 is 0 Å². The standard InChI is InChI=1S/C78H152O17P2/c1-8-9-10-11-12-13-14-15-20-24-27-32-37-45-52-59-75(80)88-65-73(94-77(82)61-54-47-38-33-28-25-22-19-17-16-18-21-23-26-30-35-42-49-56-69(2)3)67-92-96(84,85)90-63-72(79)64-91-97(86,87)93-68-74(66-89-76(81)60-53-46-41-40-44-51-58-71(6)7)95-78(83)62-55-48-39-34-29-31-36-43-50-57-70(4)5/h69-74,79H,8-68H2,1-7H3,(H,84,85)(H,86,87)/t72-,73-,74-/m1/s1. The predicted molar refractivity (Wildman–Crippen MR) is 395 cm³/mol. The van der Waals surface area contributed by atoms with Crippen LogP contribution in [0, 0.1) is 17.8 Å². The Morgan fingerprint density at radius 3 is 0.701 bits per heavy atom. The summed E-state index contributed by atoms with van der Waals surface area (Å²) in [5, 5.41) is 10.6. The van der Waals surface area contributed by atoms with E-state index < -0.39 is 97.5 Å². The second-order valence-electron chi connectivity index (χ2n) is 29.5. The number of aliphatic hydroxyl groups excluding tert-OH is 1. The van der Waals surface area contributed by atoms with Gasteiger partial charge in [-0.15, -0.1) is 0 Å². The van der Waals surface area contributed by atoms with Gasteiger partial charge in [-0.2, -0.15) is 0 Å². The smallest absolute Gasteiger partial charge is 0.462 e. The normalized spacial score (nSPS) is 14.0. The van der Waals surface area contributed by atoms with Crippen LogP contribution in [0.3, 0.4) is 0 Å². The molecule has 0 aliphatic carbocycles. The molecule has 97 heavy (non-hydrogen) atoms. The summed E-state index contributed by atoms with van der Waals surface area (Å²) >= 11 is 0. The lowest BCUT2D eigenvalue weighted by atomic mass is 10.0. The summed E-state index contributed by atoms with van der Waals surface area (Å²) in [4.78, 5) is 72.8. The molecular formula is C78H152O17P2. The highest BCUT2D eigenvalue weighted by atomic mass is 31.2. The maximum absolute atomic E-state index is 13.1. The fraction of sp³-hybridized carbons (Fsp3) is 0.949. The van der Waals surface area contributed by atoms with E-state index in [1.54, 1.807) is 0 Å². The van der Waals surface area contributed by atoms with E-state index in [2.05, 4.69) is 48.5 Å². The Balaban J connectivity index is 5.20. The zero-order valence-corrected chi connectivity index (χ0v) is 65.3. The number of aliphatic hydroxyl groups is 1. The van der Waals surface area contributed by atoms with Gasteiger partial charge in [0.15, 0.2) is 12.2 Å². The van der Waals surface area contributed by atoms with E-state index in [9.17, 15) is 43.2 Å². The summed E-state index contributed by atoms with van der Waals surface area (Å²) in [6.45, 7) is 11.8. The molecule has 0 saturated heterocycles. The van der Waals surface area contributed by atoms with Gasteiger partial charge in [0.05, 0.1) is 26.4 Å². The number of hydrogen-bond donors (Lipinski definition) is 3. The fourth-order valence-electron chi connectivity index (χ4n) is 12.0. The molecule has 0 radical (unpaired) electrons. The first kappa shape index (κ1) is 95.1. The van der Waals surface area contributed by atoms with Gasteiger partial charge in [0.25, 0.3) is 0 Å². The maximum Gasteiger partial charge on any atom is 0.472 e. The van der Waals surface area contributed by atoms with Crippen LogP contribution in [0.15, 0.2) is 0 Å². The number of hydrogen-bond acceptors (Lipinski definition) is 15. The van der Waals surface area contributed by atoms with E-state index in [0.29, 0.717) is 31.6 Å². The maximum atomic E-state index is 13.1. The summed E-state index contributed by atoms with van der Waals surface area (Å²) in [6.07, 6.45) is 55.8. The van der Waals surface area contributed by atoms with Crippen molar-refractivity contribution in [3.05, 3.63) is 0 Å². The number of phosphoric acid groups is 2. The van der Waals surface area contributed by atoms with Gasteiger partial charge in [0, 0.05) is 25.7 Å². The van der Waals surface area contributed by atoms with E-state index in [1.807, 2.05) is 0 Å². The zero-order valence-electron chi connectivity index (χ0n) is 63.5. The Morgan fingerprint density at radius 2 is 0.474 bits per heavy atom. The van der Waals surface area contributed by atoms with Crippen LogP contribution in [-0.4, -0.2) is 96.7 Å². The van der Waals surface area contributed by atoms with E-state index in [-0.39, 0.29) is 25.7 Å². The Hall–Kier alpha value is -1.94. The van der Waals surface area contributed by atoms with Gasteiger partial charge in [-0.3, -0.25) is 37.3 Å². The number of unbranched alkanes of at least 4 members (excludes halogenated alkanes) is 44. The molecule has 0 aromatic heterocycles. The highest BCUT2D eigenvalue weighted by molar-refractivity contribution is 7.47. The summed E-state index contributed by atoms with van der Waals surface area (Å²) in [7, 11) is -9.91. The van der Waals surface area contributed by atoms with E-state index in [4.69, 9.17) is 37.0 Å². The lowest BCUT2D eigenvalue weighted by molar-refractivity contribution is -0.161. The molecule has 0 aliphatic heterocycles. The van der Waals surface area contributed by atoms with Crippen molar-refractivity contribution in [1.29, 1.82) is 0 Å². The second-order valence-corrected chi connectivity index (χ2v) is 32.4. The average molecular weight is 1420 g/mol. The molecule has 0 saturated carbocycles. The Kier molecular flexibility index (Phi) is 67.1. The summed E-state index contributed by atoms with van der Waals surface area (Å²) < 4.78 is 68.5. The van der Waals surface area contributed by atoms with Crippen molar-refractivity contribution < 1.29 is 80.2 Å². The van der Waals surface area contributed by atoms with Gasteiger partial charge in [0.2, 0.25) is 0 Å². The second kappa shape index (κ2) is 68.5. The summed E-state index contributed by atoms with van der Waals surface area (Å²) in [5.41, 5.74) is 0. The molecule has 0 heterocycles. The number of ether oxygens (including phenoxy) is 4. The van der Waals surface area contributed by atoms with Crippen LogP contribution >= 0.6 is 15.6 Å². The molecule has 0 rings (SSSR count). The van der Waals surface area contributed by atoms with Crippen molar-refractivity contribution in [2.75, 3.05) is 39.6 Å². The third-order valence-electron chi connectivity index (χ3n) is 18.1. The first-order valence-electron chi connectivity index (χ1n) is 40.3. The molecule has 5 atom stereocenters. The molecule has 576 valence electrons. The molecule has 0 spiro atoms. The van der Waals surface area contributed by atoms with Crippen LogP contribution in [0.5, 0.6) is 0 Å². The highest BCUT2D eigenvalue weighted by Gasteiger charge is 2.30. The highest BCUT2D eigenvalue weighted by Crippen LogP contribution is 2.45. The third-order valence-corrected chi connectivity index (χ3v) is 20.0. The molecule has 0 aromatic rings. The minimum Gasteiger partial charge on any atom is -0.462 e.